The summed E-state index contributed by atoms with van der Waals surface area (Å²) in [6, 6.07) is 7.59. The fourth-order valence-electron chi connectivity index (χ4n) is 5.70. The number of aliphatic carboxylic acids is 1. The van der Waals surface area contributed by atoms with E-state index in [1.165, 1.54) is 11.3 Å². The van der Waals surface area contributed by atoms with Gasteiger partial charge in [-0.3, -0.25) is 14.4 Å². The molecule has 1 saturated carbocycles. The van der Waals surface area contributed by atoms with E-state index in [2.05, 4.69) is 33.6 Å². The zero-order valence-electron chi connectivity index (χ0n) is 19.3. The highest BCUT2D eigenvalue weighted by Crippen LogP contribution is 2.36. The molecule has 1 aliphatic carbocycles. The average molecular weight is 455 g/mol. The van der Waals surface area contributed by atoms with Gasteiger partial charge < -0.3 is 15.7 Å². The minimum atomic E-state index is -0.963. The van der Waals surface area contributed by atoms with Crippen LogP contribution in [0.4, 0.5) is 5.69 Å². The highest BCUT2D eigenvalue weighted by Gasteiger charge is 2.37. The summed E-state index contributed by atoms with van der Waals surface area (Å²) in [6.07, 6.45) is 10.5. The number of para-hydroxylation sites is 1. The molecular weight excluding hydrogens is 418 g/mol. The van der Waals surface area contributed by atoms with Crippen LogP contribution in [0.3, 0.4) is 0 Å². The highest BCUT2D eigenvalue weighted by molar-refractivity contribution is 5.90. The summed E-state index contributed by atoms with van der Waals surface area (Å²) in [7, 11) is 0. The molecule has 2 heterocycles. The van der Waals surface area contributed by atoms with Gasteiger partial charge in [0.25, 0.3) is 0 Å². The number of carboxylic acid groups (broad SMARTS) is 1. The van der Waals surface area contributed by atoms with Crippen molar-refractivity contribution in [3.63, 3.8) is 0 Å². The molecule has 178 valence electrons. The summed E-state index contributed by atoms with van der Waals surface area (Å²) in [5.74, 6) is -1.91. The van der Waals surface area contributed by atoms with Crippen molar-refractivity contribution in [2.45, 2.75) is 76.2 Å². The molecule has 1 fully saturated rings. The number of rotatable bonds is 5. The first-order valence-corrected chi connectivity index (χ1v) is 12.5. The van der Waals surface area contributed by atoms with Gasteiger partial charge in [-0.15, -0.1) is 0 Å². The van der Waals surface area contributed by atoms with Gasteiger partial charge in [-0.25, -0.2) is 4.58 Å². The Morgan fingerprint density at radius 3 is 2.64 bits per heavy atom. The highest BCUT2D eigenvalue weighted by atomic mass is 16.4. The second-order valence-corrected chi connectivity index (χ2v) is 9.76. The third-order valence-electron chi connectivity index (χ3n) is 7.45. The lowest BCUT2D eigenvalue weighted by molar-refractivity contribution is -0.433. The zero-order chi connectivity index (χ0) is 23.2. The summed E-state index contributed by atoms with van der Waals surface area (Å²) >= 11 is 0. The predicted octanol–water partition coefficient (Wildman–Crippen LogP) is 3.34. The van der Waals surface area contributed by atoms with E-state index >= 15 is 0 Å². The summed E-state index contributed by atoms with van der Waals surface area (Å²) < 4.78 is 2.29. The monoisotopic (exact) mass is 454 g/mol. The van der Waals surface area contributed by atoms with Gasteiger partial charge in [-0.2, -0.15) is 0 Å². The number of nitrogens with zero attached hydrogens (tertiary/aromatic N) is 1. The normalized spacial score (nSPS) is 25.0. The van der Waals surface area contributed by atoms with Crippen molar-refractivity contribution < 1.29 is 24.1 Å². The number of carbonyl (C=O) groups excluding carboxylic acids is 2. The van der Waals surface area contributed by atoms with Gasteiger partial charge in [0.15, 0.2) is 6.21 Å². The Bertz CT molecular complexity index is 907. The van der Waals surface area contributed by atoms with Crippen molar-refractivity contribution >= 4 is 29.7 Å². The molecule has 0 radical (unpaired) electrons. The Morgan fingerprint density at radius 1 is 1.09 bits per heavy atom. The number of carbonyl (C=O) groups is 3. The van der Waals surface area contributed by atoms with Gasteiger partial charge in [0, 0.05) is 24.6 Å². The van der Waals surface area contributed by atoms with E-state index < -0.39 is 17.9 Å². The van der Waals surface area contributed by atoms with Crippen LogP contribution in [-0.2, 0) is 14.4 Å². The van der Waals surface area contributed by atoms with E-state index in [1.807, 2.05) is 12.1 Å². The number of carboxylic acids is 1. The van der Waals surface area contributed by atoms with Gasteiger partial charge in [-0.05, 0) is 38.0 Å². The molecule has 3 aliphatic rings. The summed E-state index contributed by atoms with van der Waals surface area (Å²) in [5, 5.41) is 15.4. The molecule has 0 spiro atoms. The van der Waals surface area contributed by atoms with E-state index in [1.54, 1.807) is 0 Å². The van der Waals surface area contributed by atoms with Crippen LogP contribution in [-0.4, -0.2) is 52.8 Å². The van der Waals surface area contributed by atoms with Crippen LogP contribution >= 0.6 is 0 Å². The van der Waals surface area contributed by atoms with Gasteiger partial charge >= 0.3 is 5.97 Å². The fraction of sp³-hybridized carbons (Fsp3) is 0.615. The van der Waals surface area contributed by atoms with E-state index in [4.69, 9.17) is 0 Å². The summed E-state index contributed by atoms with van der Waals surface area (Å²) in [4.78, 5) is 37.9. The number of nitrogens with one attached hydrogen (secondary N) is 2. The van der Waals surface area contributed by atoms with Crippen LogP contribution in [0.2, 0.25) is 0 Å². The Morgan fingerprint density at radius 2 is 1.85 bits per heavy atom. The molecular formula is C26H36N3O4+. The Kier molecular flexibility index (Phi) is 7.78. The SMILES string of the molecule is O=C(O)C[C@@H](C(=O)N[C@H]1CC2C=[N+](CCCCCCNC1=O)c1ccccc12)C1CCCC1. The Labute approximate surface area is 195 Å². The van der Waals surface area contributed by atoms with Crippen LogP contribution < -0.4 is 10.6 Å². The van der Waals surface area contributed by atoms with Crippen molar-refractivity contribution in [3.05, 3.63) is 29.8 Å². The topological polar surface area (TPSA) is 98.5 Å². The number of benzene rings is 1. The minimum absolute atomic E-state index is 0.0300. The molecule has 2 bridgehead atoms. The number of amides is 2. The first kappa shape index (κ1) is 23.5. The Hall–Kier alpha value is -2.70. The molecule has 2 aliphatic heterocycles. The molecule has 4 rings (SSSR count). The van der Waals surface area contributed by atoms with Gasteiger partial charge in [0.1, 0.15) is 12.6 Å². The molecule has 33 heavy (non-hydrogen) atoms. The van der Waals surface area contributed by atoms with Crippen LogP contribution in [0, 0.1) is 11.8 Å². The average Bonchev–Trinajstić information content (AvgIpc) is 3.44. The van der Waals surface area contributed by atoms with E-state index in [0.717, 1.165) is 57.9 Å². The Balaban J connectivity index is 1.56. The molecule has 7 nitrogen and oxygen atoms in total. The maximum Gasteiger partial charge on any atom is 0.304 e. The van der Waals surface area contributed by atoms with E-state index in [0.29, 0.717) is 13.0 Å². The molecule has 1 aromatic rings. The molecule has 3 atom stereocenters. The second-order valence-electron chi connectivity index (χ2n) is 9.76. The van der Waals surface area contributed by atoms with E-state index in [9.17, 15) is 19.5 Å². The fourth-order valence-corrected chi connectivity index (χ4v) is 5.70. The third kappa shape index (κ3) is 5.81. The lowest BCUT2D eigenvalue weighted by Crippen LogP contribution is -2.50. The summed E-state index contributed by atoms with van der Waals surface area (Å²) in [6.45, 7) is 1.55. The van der Waals surface area contributed by atoms with Crippen LogP contribution in [0.5, 0.6) is 0 Å². The zero-order valence-corrected chi connectivity index (χ0v) is 19.3. The van der Waals surface area contributed by atoms with Crippen LogP contribution in [0.25, 0.3) is 0 Å². The first-order valence-electron chi connectivity index (χ1n) is 12.5. The second kappa shape index (κ2) is 10.9. The van der Waals surface area contributed by atoms with Crippen molar-refractivity contribution in [3.8, 4) is 0 Å². The molecule has 3 N–H and O–H groups in total. The van der Waals surface area contributed by atoms with Crippen LogP contribution in [0.15, 0.2) is 24.3 Å². The minimum Gasteiger partial charge on any atom is -0.481 e. The molecule has 1 aromatic carbocycles. The van der Waals surface area contributed by atoms with Crippen LogP contribution in [0.1, 0.15) is 75.7 Å². The third-order valence-corrected chi connectivity index (χ3v) is 7.45. The smallest absolute Gasteiger partial charge is 0.304 e. The maximum atomic E-state index is 13.3. The van der Waals surface area contributed by atoms with Gasteiger partial charge in [0.05, 0.1) is 18.3 Å². The standard InChI is InChI=1S/C26H35N3O4/c30-24(31)16-21(18-9-3-4-10-18)25(32)28-22-15-19-17-29(23-12-6-5-11-20(19)23)14-8-2-1-7-13-27-26(22)33/h5-6,11-12,17-19,21-22H,1-4,7-10,13-16H2,(H2-,27,28,30,31,32,33)/p+1/t19?,21-,22+/m1/s1. The maximum absolute atomic E-state index is 13.3. The van der Waals surface area contributed by atoms with Gasteiger partial charge in [-0.1, -0.05) is 37.5 Å². The first-order chi connectivity index (χ1) is 16.0. The predicted molar refractivity (Wildman–Crippen MR) is 126 cm³/mol. The molecule has 7 heteroatoms. The van der Waals surface area contributed by atoms with E-state index in [-0.39, 0.29) is 30.1 Å². The number of hydrogen-bond donors (Lipinski definition) is 3. The molecule has 0 saturated heterocycles. The van der Waals surface area contributed by atoms with Gasteiger partial charge in [0.2, 0.25) is 17.5 Å². The number of hydrogen-bond acceptors (Lipinski definition) is 3. The van der Waals surface area contributed by atoms with Crippen molar-refractivity contribution in [2.75, 3.05) is 13.1 Å². The molecule has 2 amide bonds. The largest absolute Gasteiger partial charge is 0.481 e. The molecule has 0 aromatic heterocycles. The van der Waals surface area contributed by atoms with Crippen molar-refractivity contribution in [1.82, 2.24) is 10.6 Å². The van der Waals surface area contributed by atoms with Crippen molar-refractivity contribution in [2.24, 2.45) is 11.8 Å². The lowest BCUT2D eigenvalue weighted by Gasteiger charge is -2.25. The molecule has 1 unspecified atom stereocenters. The van der Waals surface area contributed by atoms with Crippen molar-refractivity contribution in [1.29, 1.82) is 0 Å². The quantitative estimate of drug-likeness (QED) is 0.594. The number of fused-ring (bicyclic) bond motifs is 4. The lowest BCUT2D eigenvalue weighted by atomic mass is 9.86. The summed E-state index contributed by atoms with van der Waals surface area (Å²) in [5.41, 5.74) is 2.36.